The molecule has 29 heavy (non-hydrogen) atoms. The Morgan fingerprint density at radius 2 is 1.93 bits per heavy atom. The third kappa shape index (κ3) is 3.65. The van der Waals surface area contributed by atoms with Crippen molar-refractivity contribution >= 4 is 11.6 Å². The van der Waals surface area contributed by atoms with Gasteiger partial charge < -0.3 is 9.47 Å². The van der Waals surface area contributed by atoms with E-state index in [-0.39, 0.29) is 17.1 Å². The average molecular weight is 414 g/mol. The van der Waals surface area contributed by atoms with Crippen molar-refractivity contribution < 1.29 is 9.47 Å². The molecule has 0 N–H and O–H groups in total. The molecule has 4 heterocycles. The first-order chi connectivity index (χ1) is 13.9. The highest BCUT2D eigenvalue weighted by Crippen LogP contribution is 2.55. The molecule has 5 nitrogen and oxygen atoms in total. The second-order valence-corrected chi connectivity index (χ2v) is 9.89. The first-order valence-electron chi connectivity index (χ1n) is 10.5. The summed E-state index contributed by atoms with van der Waals surface area (Å²) in [7, 11) is 0. The van der Waals surface area contributed by atoms with Crippen molar-refractivity contribution in [2.45, 2.75) is 51.4 Å². The molecule has 3 aliphatic heterocycles. The number of halogens is 1. The highest BCUT2D eigenvalue weighted by Gasteiger charge is 2.52. The summed E-state index contributed by atoms with van der Waals surface area (Å²) in [4.78, 5) is 10.8. The summed E-state index contributed by atoms with van der Waals surface area (Å²) in [5.74, 6) is 1.24. The average Bonchev–Trinajstić information content (AvgIpc) is 2.71. The summed E-state index contributed by atoms with van der Waals surface area (Å²) in [5.41, 5.74) is 2.27. The minimum Gasteiger partial charge on any atom is -0.487 e. The zero-order valence-electron chi connectivity index (χ0n) is 17.1. The van der Waals surface area contributed by atoms with Gasteiger partial charge in [0.1, 0.15) is 17.7 Å². The number of rotatable bonds is 2. The van der Waals surface area contributed by atoms with Crippen molar-refractivity contribution in [3.05, 3.63) is 53.1 Å². The van der Waals surface area contributed by atoms with Gasteiger partial charge in [-0.05, 0) is 69.8 Å². The van der Waals surface area contributed by atoms with Crippen LogP contribution in [0.5, 0.6) is 5.75 Å². The Morgan fingerprint density at radius 1 is 1.17 bits per heavy atom. The molecule has 154 valence electrons. The van der Waals surface area contributed by atoms with Crippen molar-refractivity contribution in [3.63, 3.8) is 0 Å². The molecular formula is C23H28ClN3O2. The Morgan fingerprint density at radius 3 is 2.69 bits per heavy atom. The van der Waals surface area contributed by atoms with Gasteiger partial charge in [0, 0.05) is 41.0 Å². The van der Waals surface area contributed by atoms with Crippen LogP contribution in [0.25, 0.3) is 0 Å². The Hall–Kier alpha value is -1.69. The Bertz CT molecular complexity index is 881. The van der Waals surface area contributed by atoms with E-state index >= 15 is 0 Å². The summed E-state index contributed by atoms with van der Waals surface area (Å²) in [5, 5.41) is 0.743. The normalized spacial score (nSPS) is 27.7. The minimum atomic E-state index is -0.253. The van der Waals surface area contributed by atoms with E-state index in [1.54, 1.807) is 6.33 Å². The van der Waals surface area contributed by atoms with Crippen LogP contribution in [-0.4, -0.2) is 40.2 Å². The van der Waals surface area contributed by atoms with E-state index in [0.717, 1.165) is 61.8 Å². The van der Waals surface area contributed by atoms with Gasteiger partial charge in [0.25, 0.3) is 0 Å². The number of benzene rings is 1. The third-order valence-electron chi connectivity index (χ3n) is 7.07. The molecule has 2 saturated heterocycles. The van der Waals surface area contributed by atoms with Crippen molar-refractivity contribution in [1.82, 2.24) is 14.9 Å². The van der Waals surface area contributed by atoms with Gasteiger partial charge in [0.05, 0.1) is 12.7 Å². The molecule has 1 spiro atoms. The summed E-state index contributed by atoms with van der Waals surface area (Å²) < 4.78 is 13.0. The Labute approximate surface area is 177 Å². The van der Waals surface area contributed by atoms with E-state index < -0.39 is 0 Å². The zero-order valence-corrected chi connectivity index (χ0v) is 17.9. The number of aromatic nitrogens is 2. The van der Waals surface area contributed by atoms with Gasteiger partial charge in [-0.2, -0.15) is 0 Å². The molecule has 2 aromatic rings. The minimum absolute atomic E-state index is 0.0672. The molecule has 0 radical (unpaired) electrons. The van der Waals surface area contributed by atoms with Crippen LogP contribution in [0.15, 0.2) is 36.9 Å². The Kier molecular flexibility index (Phi) is 4.80. The van der Waals surface area contributed by atoms with Crippen LogP contribution in [0.3, 0.4) is 0 Å². The standard InChI is InChI=1S/C23H28ClN3O2/c1-22(2)19-10-23(5-7-27(8-6-23)13-16-11-25-15-26-12-16)14-28-21(19)18-9-17(24)3-4-20(18)29-22/h3-4,9,11-12,15,19,21H,5-8,10,13-14H2,1-2H3/t19-,21+/m0/s1. The van der Waals surface area contributed by atoms with E-state index in [2.05, 4.69) is 28.7 Å². The molecule has 1 aromatic carbocycles. The molecule has 6 heteroatoms. The highest BCUT2D eigenvalue weighted by molar-refractivity contribution is 6.30. The molecule has 3 aliphatic rings. The van der Waals surface area contributed by atoms with Gasteiger partial charge >= 0.3 is 0 Å². The van der Waals surface area contributed by atoms with Crippen molar-refractivity contribution in [1.29, 1.82) is 0 Å². The van der Waals surface area contributed by atoms with Crippen LogP contribution >= 0.6 is 11.6 Å². The zero-order chi connectivity index (χ0) is 20.1. The fraction of sp³-hybridized carbons (Fsp3) is 0.565. The smallest absolute Gasteiger partial charge is 0.126 e. The van der Waals surface area contributed by atoms with Gasteiger partial charge in [-0.3, -0.25) is 4.90 Å². The monoisotopic (exact) mass is 413 g/mol. The van der Waals surface area contributed by atoms with E-state index in [1.807, 2.05) is 30.6 Å². The maximum atomic E-state index is 6.57. The molecule has 2 fully saturated rings. The number of hydrogen-bond donors (Lipinski definition) is 0. The van der Waals surface area contributed by atoms with E-state index in [9.17, 15) is 0 Å². The summed E-state index contributed by atoms with van der Waals surface area (Å²) >= 11 is 6.28. The quantitative estimate of drug-likeness (QED) is 0.716. The van der Waals surface area contributed by atoms with Crippen LogP contribution in [0, 0.1) is 11.3 Å². The van der Waals surface area contributed by atoms with Crippen LogP contribution in [0.2, 0.25) is 5.02 Å². The predicted octanol–water partition coefficient (Wildman–Crippen LogP) is 4.66. The van der Waals surface area contributed by atoms with Crippen LogP contribution in [0.1, 0.15) is 50.3 Å². The van der Waals surface area contributed by atoms with Gasteiger partial charge in [-0.15, -0.1) is 0 Å². The second kappa shape index (κ2) is 7.22. The first-order valence-corrected chi connectivity index (χ1v) is 10.9. The molecule has 0 aliphatic carbocycles. The highest BCUT2D eigenvalue weighted by atomic mass is 35.5. The molecule has 2 atom stereocenters. The molecule has 0 unspecified atom stereocenters. The molecule has 0 saturated carbocycles. The van der Waals surface area contributed by atoms with Gasteiger partial charge in [0.2, 0.25) is 0 Å². The SMILES string of the molecule is CC1(C)Oc2ccc(Cl)cc2[C@H]2OCC3(CCN(Cc4cncnc4)CC3)C[C@@H]21. The van der Waals surface area contributed by atoms with Crippen LogP contribution in [0.4, 0.5) is 0 Å². The first kappa shape index (κ1) is 19.3. The largest absolute Gasteiger partial charge is 0.487 e. The Balaban J connectivity index is 1.31. The maximum Gasteiger partial charge on any atom is 0.126 e. The fourth-order valence-electron chi connectivity index (χ4n) is 5.33. The number of hydrogen-bond acceptors (Lipinski definition) is 5. The predicted molar refractivity (Wildman–Crippen MR) is 112 cm³/mol. The van der Waals surface area contributed by atoms with Gasteiger partial charge in [-0.25, -0.2) is 9.97 Å². The van der Waals surface area contributed by atoms with E-state index in [0.29, 0.717) is 5.92 Å². The second-order valence-electron chi connectivity index (χ2n) is 9.45. The number of fused-ring (bicyclic) bond motifs is 3. The van der Waals surface area contributed by atoms with E-state index in [4.69, 9.17) is 21.1 Å². The summed E-state index contributed by atoms with van der Waals surface area (Å²) in [6, 6.07) is 5.90. The van der Waals surface area contributed by atoms with Crippen molar-refractivity contribution in [3.8, 4) is 5.75 Å². The number of nitrogens with zero attached hydrogens (tertiary/aromatic N) is 3. The van der Waals surface area contributed by atoms with Crippen LogP contribution < -0.4 is 4.74 Å². The third-order valence-corrected chi connectivity index (χ3v) is 7.30. The number of likely N-dealkylation sites (tertiary alicyclic amines) is 1. The lowest BCUT2D eigenvalue weighted by Gasteiger charge is -2.54. The molecular weight excluding hydrogens is 386 g/mol. The molecule has 0 amide bonds. The molecule has 5 rings (SSSR count). The van der Waals surface area contributed by atoms with Gasteiger partial charge in [0.15, 0.2) is 0 Å². The van der Waals surface area contributed by atoms with Crippen LogP contribution in [-0.2, 0) is 11.3 Å². The topological polar surface area (TPSA) is 47.5 Å². The van der Waals surface area contributed by atoms with Crippen molar-refractivity contribution in [2.24, 2.45) is 11.3 Å². The molecule has 0 bridgehead atoms. The van der Waals surface area contributed by atoms with Gasteiger partial charge in [-0.1, -0.05) is 11.6 Å². The summed E-state index contributed by atoms with van der Waals surface area (Å²) in [6.07, 6.45) is 8.93. The fourth-order valence-corrected chi connectivity index (χ4v) is 5.51. The summed E-state index contributed by atoms with van der Waals surface area (Å²) in [6.45, 7) is 8.31. The lowest BCUT2D eigenvalue weighted by atomic mass is 9.64. The lowest BCUT2D eigenvalue weighted by molar-refractivity contribution is -0.174. The molecule has 1 aromatic heterocycles. The number of ether oxygens (including phenoxy) is 2. The van der Waals surface area contributed by atoms with Crippen molar-refractivity contribution in [2.75, 3.05) is 19.7 Å². The number of piperidine rings is 1. The van der Waals surface area contributed by atoms with E-state index in [1.165, 1.54) is 5.56 Å². The maximum absolute atomic E-state index is 6.57. The lowest BCUT2D eigenvalue weighted by Crippen LogP contribution is -2.54.